The molecule has 0 amide bonds. The van der Waals surface area contributed by atoms with Crippen LogP contribution in [0.4, 0.5) is 0 Å². The number of carbonyl (C=O) groups is 1. The molecule has 1 atom stereocenters. The van der Waals surface area contributed by atoms with Gasteiger partial charge in [0.1, 0.15) is 12.6 Å². The lowest BCUT2D eigenvalue weighted by Gasteiger charge is -2.13. The summed E-state index contributed by atoms with van der Waals surface area (Å²) in [5.74, 6) is -0.765. The van der Waals surface area contributed by atoms with Crippen molar-refractivity contribution >= 4 is 32.3 Å². The van der Waals surface area contributed by atoms with Crippen molar-refractivity contribution in [2.45, 2.75) is 31.4 Å². The minimum Gasteiger partial charge on any atom is -0.458 e. The van der Waals surface area contributed by atoms with Gasteiger partial charge in [-0.05, 0) is 26.0 Å². The third-order valence-corrected chi connectivity index (χ3v) is 6.05. The fourth-order valence-corrected chi connectivity index (χ4v) is 4.23. The summed E-state index contributed by atoms with van der Waals surface area (Å²) in [5, 5.41) is 1.72. The van der Waals surface area contributed by atoms with Crippen molar-refractivity contribution in [1.82, 2.24) is 14.1 Å². The van der Waals surface area contributed by atoms with Crippen LogP contribution in [0.25, 0.3) is 4.96 Å². The van der Waals surface area contributed by atoms with Gasteiger partial charge >= 0.3 is 5.97 Å². The van der Waals surface area contributed by atoms with Crippen LogP contribution in [-0.4, -0.2) is 29.8 Å². The molecular formula is C17H17N3O5S2. The number of aryl methyl sites for hydroxylation is 1. The van der Waals surface area contributed by atoms with E-state index in [9.17, 15) is 18.0 Å². The molecule has 0 fully saturated rings. The molecule has 0 spiro atoms. The van der Waals surface area contributed by atoms with Gasteiger partial charge in [-0.1, -0.05) is 17.7 Å². The first-order chi connectivity index (χ1) is 12.8. The molecule has 10 heteroatoms. The monoisotopic (exact) mass is 407 g/mol. The smallest absolute Gasteiger partial charge is 0.324 e. The maximum absolute atomic E-state index is 12.3. The van der Waals surface area contributed by atoms with Crippen LogP contribution in [0.3, 0.4) is 0 Å². The van der Waals surface area contributed by atoms with E-state index in [2.05, 4.69) is 9.71 Å². The number of benzene rings is 1. The van der Waals surface area contributed by atoms with Gasteiger partial charge in [-0.15, -0.1) is 11.3 Å². The normalized spacial score (nSPS) is 12.8. The third-order valence-electron chi connectivity index (χ3n) is 3.74. The Kier molecular flexibility index (Phi) is 5.40. The summed E-state index contributed by atoms with van der Waals surface area (Å²) in [5.41, 5.74) is 0.942. The fraction of sp³-hybridized carbons (Fsp3) is 0.235. The van der Waals surface area contributed by atoms with E-state index in [1.807, 2.05) is 6.92 Å². The van der Waals surface area contributed by atoms with Crippen molar-refractivity contribution in [2.24, 2.45) is 0 Å². The molecule has 27 heavy (non-hydrogen) atoms. The molecule has 1 N–H and O–H groups in total. The van der Waals surface area contributed by atoms with E-state index >= 15 is 0 Å². The van der Waals surface area contributed by atoms with Crippen LogP contribution in [0.5, 0.6) is 0 Å². The van der Waals surface area contributed by atoms with Crippen molar-refractivity contribution in [3.63, 3.8) is 0 Å². The summed E-state index contributed by atoms with van der Waals surface area (Å²) in [7, 11) is -3.85. The number of ether oxygens (including phenoxy) is 1. The van der Waals surface area contributed by atoms with Crippen LogP contribution in [0, 0.1) is 6.92 Å². The average Bonchev–Trinajstić information content (AvgIpc) is 3.09. The molecule has 2 heterocycles. The highest BCUT2D eigenvalue weighted by molar-refractivity contribution is 7.89. The number of hydrogen-bond donors (Lipinski definition) is 1. The summed E-state index contributed by atoms with van der Waals surface area (Å²) in [6, 6.07) is 6.44. The predicted molar refractivity (Wildman–Crippen MR) is 100 cm³/mol. The Morgan fingerprint density at radius 1 is 1.33 bits per heavy atom. The molecule has 0 radical (unpaired) electrons. The largest absolute Gasteiger partial charge is 0.458 e. The summed E-state index contributed by atoms with van der Waals surface area (Å²) < 4.78 is 33.4. The van der Waals surface area contributed by atoms with Crippen LogP contribution in [0.15, 0.2) is 51.6 Å². The van der Waals surface area contributed by atoms with E-state index in [4.69, 9.17) is 4.74 Å². The van der Waals surface area contributed by atoms with Crippen LogP contribution >= 0.6 is 11.3 Å². The Bertz CT molecular complexity index is 1130. The number of aromatic nitrogens is 2. The van der Waals surface area contributed by atoms with Crippen molar-refractivity contribution in [3.8, 4) is 0 Å². The highest BCUT2D eigenvalue weighted by Gasteiger charge is 2.23. The van der Waals surface area contributed by atoms with E-state index in [0.29, 0.717) is 10.7 Å². The van der Waals surface area contributed by atoms with Gasteiger partial charge in [0.2, 0.25) is 10.0 Å². The van der Waals surface area contributed by atoms with Crippen molar-refractivity contribution in [2.75, 3.05) is 0 Å². The van der Waals surface area contributed by atoms with Gasteiger partial charge in [-0.2, -0.15) is 4.72 Å². The van der Waals surface area contributed by atoms with Gasteiger partial charge in [-0.3, -0.25) is 14.0 Å². The van der Waals surface area contributed by atoms with Crippen LogP contribution in [0.2, 0.25) is 0 Å². The average molecular weight is 407 g/mol. The van der Waals surface area contributed by atoms with E-state index in [1.54, 1.807) is 23.7 Å². The lowest BCUT2D eigenvalue weighted by Crippen LogP contribution is -2.39. The standard InChI is InChI=1S/C17H17N3O5S2/c1-11-3-5-14(6-4-11)27(23,24)19-12(2)16(22)25-10-13-9-15(21)20-7-8-26-17(20)18-13/h3-9,12,19H,10H2,1-2H3. The maximum atomic E-state index is 12.3. The molecule has 8 nitrogen and oxygen atoms in total. The van der Waals surface area contributed by atoms with E-state index < -0.39 is 22.0 Å². The number of hydrogen-bond acceptors (Lipinski definition) is 7. The fourth-order valence-electron chi connectivity index (χ4n) is 2.30. The zero-order chi connectivity index (χ0) is 19.6. The van der Waals surface area contributed by atoms with Crippen LogP contribution in [-0.2, 0) is 26.2 Å². The lowest BCUT2D eigenvalue weighted by molar-refractivity contribution is -0.146. The molecule has 3 aromatic rings. The first-order valence-electron chi connectivity index (χ1n) is 7.98. The van der Waals surface area contributed by atoms with Crippen molar-refractivity contribution < 1.29 is 17.9 Å². The summed E-state index contributed by atoms with van der Waals surface area (Å²) in [4.78, 5) is 28.8. The second kappa shape index (κ2) is 7.59. The Hall–Kier alpha value is -2.56. The molecular weight excluding hydrogens is 390 g/mol. The third kappa shape index (κ3) is 4.41. The molecule has 0 aliphatic heterocycles. The molecule has 0 bridgehead atoms. The molecule has 142 valence electrons. The molecule has 1 aromatic carbocycles. The number of sulfonamides is 1. The molecule has 0 aliphatic rings. The van der Waals surface area contributed by atoms with Crippen molar-refractivity contribution in [3.05, 3.63) is 63.5 Å². The van der Waals surface area contributed by atoms with Gasteiger partial charge in [0.25, 0.3) is 5.56 Å². The minimum atomic E-state index is -3.85. The van der Waals surface area contributed by atoms with Crippen LogP contribution in [0.1, 0.15) is 18.2 Å². The van der Waals surface area contributed by atoms with Gasteiger partial charge in [0, 0.05) is 17.6 Å². The van der Waals surface area contributed by atoms with Gasteiger partial charge in [0.15, 0.2) is 4.96 Å². The van der Waals surface area contributed by atoms with Crippen molar-refractivity contribution in [1.29, 1.82) is 0 Å². The molecule has 2 aromatic heterocycles. The van der Waals surface area contributed by atoms with Gasteiger partial charge in [0.05, 0.1) is 10.6 Å². The number of nitrogens with zero attached hydrogens (tertiary/aromatic N) is 2. The topological polar surface area (TPSA) is 107 Å². The molecule has 3 rings (SSSR count). The zero-order valence-corrected chi connectivity index (χ0v) is 16.2. The Labute approximate surface area is 159 Å². The van der Waals surface area contributed by atoms with Gasteiger partial charge < -0.3 is 4.74 Å². The SMILES string of the molecule is Cc1ccc(S(=O)(=O)NC(C)C(=O)OCc2cc(=O)n3ccsc3n2)cc1. The predicted octanol–water partition coefficient (Wildman–Crippen LogP) is 1.47. The second-order valence-electron chi connectivity index (χ2n) is 5.91. The first-order valence-corrected chi connectivity index (χ1v) is 10.3. The number of nitrogens with one attached hydrogen (secondary N) is 1. The summed E-state index contributed by atoms with van der Waals surface area (Å²) in [6.45, 7) is 3.01. The quantitative estimate of drug-likeness (QED) is 0.620. The minimum absolute atomic E-state index is 0.0607. The highest BCUT2D eigenvalue weighted by Crippen LogP contribution is 2.11. The van der Waals surface area contributed by atoms with Gasteiger partial charge in [-0.25, -0.2) is 13.4 Å². The zero-order valence-electron chi connectivity index (χ0n) is 14.6. The summed E-state index contributed by atoms with van der Waals surface area (Å²) in [6.07, 6.45) is 1.60. The Morgan fingerprint density at radius 2 is 2.04 bits per heavy atom. The number of esters is 1. The highest BCUT2D eigenvalue weighted by atomic mass is 32.2. The van der Waals surface area contributed by atoms with E-state index in [-0.39, 0.29) is 17.1 Å². The van der Waals surface area contributed by atoms with E-state index in [0.717, 1.165) is 5.56 Å². The molecule has 0 saturated heterocycles. The number of fused-ring (bicyclic) bond motifs is 1. The molecule has 0 saturated carbocycles. The van der Waals surface area contributed by atoms with E-state index in [1.165, 1.54) is 40.9 Å². The first kappa shape index (κ1) is 19.2. The lowest BCUT2D eigenvalue weighted by atomic mass is 10.2. The molecule has 0 aliphatic carbocycles. The number of carbonyl (C=O) groups excluding carboxylic acids is 1. The maximum Gasteiger partial charge on any atom is 0.324 e. The van der Waals surface area contributed by atoms with Crippen LogP contribution < -0.4 is 10.3 Å². The Balaban J connectivity index is 1.64. The number of thiazole rings is 1. The second-order valence-corrected chi connectivity index (χ2v) is 8.49. The molecule has 1 unspecified atom stereocenters. The number of rotatable bonds is 6. The summed E-state index contributed by atoms with van der Waals surface area (Å²) >= 11 is 1.28. The Morgan fingerprint density at radius 3 is 2.74 bits per heavy atom.